The summed E-state index contributed by atoms with van der Waals surface area (Å²) < 4.78 is 7.25. The largest absolute Gasteiger partial charge is 0.410 e. The van der Waals surface area contributed by atoms with Crippen molar-refractivity contribution in [1.82, 2.24) is 4.98 Å². The van der Waals surface area contributed by atoms with Crippen LogP contribution in [0.3, 0.4) is 0 Å². The highest BCUT2D eigenvalue weighted by molar-refractivity contribution is 6.74. The van der Waals surface area contributed by atoms with Crippen LogP contribution in [0.4, 0.5) is 0 Å². The van der Waals surface area contributed by atoms with Crippen LogP contribution in [-0.2, 0) is 10.8 Å². The molecule has 1 aromatic carbocycles. The van der Waals surface area contributed by atoms with E-state index in [4.69, 9.17) is 9.41 Å². The third kappa shape index (κ3) is 5.67. The van der Waals surface area contributed by atoms with E-state index in [0.717, 1.165) is 42.5 Å². The minimum atomic E-state index is -2.05. The molecule has 4 heteroatoms. The molecule has 1 heterocycles. The van der Waals surface area contributed by atoms with Crippen LogP contribution in [0.15, 0.2) is 30.3 Å². The first kappa shape index (κ1) is 28.3. The maximum Gasteiger partial charge on any atom is 0.192 e. The predicted octanol–water partition coefficient (Wildman–Crippen LogP) is 9.20. The first-order chi connectivity index (χ1) is 17.1. The van der Waals surface area contributed by atoms with Gasteiger partial charge in [0.2, 0.25) is 0 Å². The molecule has 0 bridgehead atoms. The fourth-order valence-corrected chi connectivity index (χ4v) is 7.07. The topological polar surface area (TPSA) is 42.4 Å². The zero-order valence-electron chi connectivity index (χ0n) is 25.0. The van der Waals surface area contributed by atoms with Gasteiger partial charge >= 0.3 is 0 Å². The summed E-state index contributed by atoms with van der Waals surface area (Å²) in [4.78, 5) is 5.40. The number of aryl methyl sites for hydroxylation is 1. The fourth-order valence-electron chi connectivity index (χ4n) is 5.80. The normalized spacial score (nSPS) is 20.6. The minimum absolute atomic E-state index is 0.00572. The Hall–Kier alpha value is -1.75. The Balaban J connectivity index is 2.02. The molecule has 2 aromatic rings. The lowest BCUT2D eigenvalue weighted by molar-refractivity contribution is 0.105. The Morgan fingerprint density at radius 2 is 1.76 bits per heavy atom. The van der Waals surface area contributed by atoms with Gasteiger partial charge in [-0.1, -0.05) is 84.4 Å². The van der Waals surface area contributed by atoms with E-state index < -0.39 is 14.4 Å². The highest BCUT2D eigenvalue weighted by atomic mass is 28.4. The van der Waals surface area contributed by atoms with Gasteiger partial charge in [0.25, 0.3) is 0 Å². The second-order valence-corrected chi connectivity index (χ2v) is 18.9. The molecule has 0 spiro atoms. The Labute approximate surface area is 226 Å². The number of hydrogen-bond acceptors (Lipinski definition) is 3. The maximum atomic E-state index is 12.0. The molecule has 2 aliphatic rings. The smallest absolute Gasteiger partial charge is 0.192 e. The van der Waals surface area contributed by atoms with Gasteiger partial charge in [-0.05, 0) is 85.2 Å². The molecule has 2 aliphatic carbocycles. The number of hydrogen-bond donors (Lipinski definition) is 1. The third-order valence-corrected chi connectivity index (χ3v) is 13.4. The fraction of sp³-hybridized carbons (Fsp3) is 0.606. The molecule has 0 amide bonds. The summed E-state index contributed by atoms with van der Waals surface area (Å²) in [7, 11) is -2.05. The molecule has 1 N–H and O–H groups in total. The van der Waals surface area contributed by atoms with Gasteiger partial charge < -0.3 is 9.53 Å². The minimum Gasteiger partial charge on any atom is -0.410 e. The van der Waals surface area contributed by atoms with Crippen molar-refractivity contribution < 1.29 is 9.53 Å². The van der Waals surface area contributed by atoms with Crippen molar-refractivity contribution in [2.24, 2.45) is 5.41 Å². The number of aliphatic hydroxyl groups is 1. The molecule has 0 saturated heterocycles. The van der Waals surface area contributed by atoms with E-state index in [0.29, 0.717) is 0 Å². The van der Waals surface area contributed by atoms with Crippen molar-refractivity contribution in [3.05, 3.63) is 69.5 Å². The molecule has 0 aliphatic heterocycles. The lowest BCUT2D eigenvalue weighted by Crippen LogP contribution is -2.44. The average Bonchev–Trinajstić information content (AvgIpc) is 3.30. The molecule has 37 heavy (non-hydrogen) atoms. The molecule has 1 unspecified atom stereocenters. The predicted molar refractivity (Wildman–Crippen MR) is 159 cm³/mol. The number of aromatic nitrogens is 1. The number of nitrogens with zero attached hydrogens (tertiary/aromatic N) is 1. The van der Waals surface area contributed by atoms with Gasteiger partial charge in [-0.2, -0.15) is 0 Å². The lowest BCUT2D eigenvalue weighted by Gasteiger charge is -2.45. The van der Waals surface area contributed by atoms with Crippen LogP contribution in [0.25, 0.3) is 5.57 Å². The monoisotopic (exact) mass is 519 g/mol. The van der Waals surface area contributed by atoms with Crippen LogP contribution in [0, 0.1) is 12.3 Å². The van der Waals surface area contributed by atoms with Gasteiger partial charge in [-0.3, -0.25) is 4.98 Å². The average molecular weight is 520 g/mol. The van der Waals surface area contributed by atoms with Crippen LogP contribution in [-0.4, -0.2) is 18.4 Å². The molecule has 0 saturated carbocycles. The van der Waals surface area contributed by atoms with Crippen LogP contribution in [0.5, 0.6) is 0 Å². The molecule has 0 fully saturated rings. The number of allylic oxidation sites excluding steroid dienone is 2. The van der Waals surface area contributed by atoms with Crippen LogP contribution in [0.2, 0.25) is 18.1 Å². The van der Waals surface area contributed by atoms with Gasteiger partial charge in [0.1, 0.15) is 6.10 Å². The van der Waals surface area contributed by atoms with Gasteiger partial charge in [0.15, 0.2) is 8.32 Å². The lowest BCUT2D eigenvalue weighted by atomic mass is 9.71. The number of fused-ring (bicyclic) bond motifs is 1. The van der Waals surface area contributed by atoms with E-state index in [1.807, 2.05) is 0 Å². The Morgan fingerprint density at radius 1 is 1.11 bits per heavy atom. The number of aliphatic hydroxyl groups excluding tert-OH is 1. The van der Waals surface area contributed by atoms with Crippen LogP contribution < -0.4 is 0 Å². The summed E-state index contributed by atoms with van der Waals surface area (Å²) in [6.45, 7) is 22.9. The summed E-state index contributed by atoms with van der Waals surface area (Å²) in [6, 6.07) is 8.34. The van der Waals surface area contributed by atoms with Crippen molar-refractivity contribution in [2.45, 2.75) is 124 Å². The quantitative estimate of drug-likeness (QED) is 0.387. The number of benzene rings is 1. The van der Waals surface area contributed by atoms with Crippen molar-refractivity contribution >= 4 is 13.9 Å². The molecular formula is C33H49NO2Si. The standard InChI is InChI=1S/C33H49NO2Si/c1-21(2)30-29(31(35)24-17-15-22(3)16-18-24)27(23-13-11-12-14-23)28-25(34-30)19-33(7,8)20-26(28)36-37(9,10)32(4,5)6/h13,15-18,21,26,31,35H,11-12,14,19-20H2,1-10H3/t26-,31?/m1/s1. The zero-order valence-corrected chi connectivity index (χ0v) is 26.0. The molecule has 3 nitrogen and oxygen atoms in total. The molecule has 4 rings (SSSR count). The van der Waals surface area contributed by atoms with Gasteiger partial charge in [0, 0.05) is 22.5 Å². The highest BCUT2D eigenvalue weighted by Gasteiger charge is 2.45. The second-order valence-electron chi connectivity index (χ2n) is 14.1. The van der Waals surface area contributed by atoms with E-state index in [2.05, 4.69) is 98.8 Å². The first-order valence-corrected chi connectivity index (χ1v) is 17.2. The van der Waals surface area contributed by atoms with Gasteiger partial charge in [-0.15, -0.1) is 0 Å². The van der Waals surface area contributed by atoms with Crippen LogP contribution >= 0.6 is 0 Å². The molecule has 0 radical (unpaired) electrons. The van der Waals surface area contributed by atoms with Crippen molar-refractivity contribution in [3.63, 3.8) is 0 Å². The molecule has 202 valence electrons. The van der Waals surface area contributed by atoms with Crippen LogP contribution in [0.1, 0.15) is 131 Å². The highest BCUT2D eigenvalue weighted by Crippen LogP contribution is 2.52. The van der Waals surface area contributed by atoms with E-state index in [-0.39, 0.29) is 22.5 Å². The Kier molecular flexibility index (Phi) is 7.71. The maximum absolute atomic E-state index is 12.0. The van der Waals surface area contributed by atoms with Crippen molar-refractivity contribution in [3.8, 4) is 0 Å². The van der Waals surface area contributed by atoms with E-state index >= 15 is 0 Å². The van der Waals surface area contributed by atoms with Crippen molar-refractivity contribution in [2.75, 3.05) is 0 Å². The van der Waals surface area contributed by atoms with Gasteiger partial charge in [-0.25, -0.2) is 0 Å². The molecule has 2 atom stereocenters. The summed E-state index contributed by atoms with van der Waals surface area (Å²) in [5.74, 6) is 0.214. The van der Waals surface area contributed by atoms with Crippen molar-refractivity contribution in [1.29, 1.82) is 0 Å². The molecule has 1 aromatic heterocycles. The first-order valence-electron chi connectivity index (χ1n) is 14.3. The Morgan fingerprint density at radius 3 is 2.30 bits per heavy atom. The summed E-state index contributed by atoms with van der Waals surface area (Å²) in [6.07, 6.45) is 6.94. The van der Waals surface area contributed by atoms with E-state index in [1.165, 1.54) is 34.4 Å². The Bertz CT molecular complexity index is 1170. The summed E-state index contributed by atoms with van der Waals surface area (Å²) in [5, 5.41) is 12.1. The number of rotatable bonds is 6. The summed E-state index contributed by atoms with van der Waals surface area (Å²) in [5.41, 5.74) is 9.38. The second kappa shape index (κ2) is 10.1. The molecular weight excluding hydrogens is 470 g/mol. The number of pyridine rings is 1. The summed E-state index contributed by atoms with van der Waals surface area (Å²) >= 11 is 0. The zero-order chi connectivity index (χ0) is 27.3. The van der Waals surface area contributed by atoms with Gasteiger partial charge in [0.05, 0.1) is 6.10 Å². The SMILES string of the molecule is Cc1ccc(C(O)c2c(C(C)C)nc3c(c2C2=CCCC2)[C@H](O[Si](C)(C)C(C)(C)C)CC(C)(C)C3)cc1. The van der Waals surface area contributed by atoms with E-state index in [1.54, 1.807) is 0 Å². The van der Waals surface area contributed by atoms with E-state index in [9.17, 15) is 5.11 Å². The third-order valence-electron chi connectivity index (χ3n) is 8.91.